The Morgan fingerprint density at radius 1 is 1.12 bits per heavy atom. The van der Waals surface area contributed by atoms with Gasteiger partial charge >= 0.3 is 11.9 Å². The fourth-order valence-electron chi connectivity index (χ4n) is 2.95. The summed E-state index contributed by atoms with van der Waals surface area (Å²) in [5, 5.41) is 10.6. The normalized spacial score (nSPS) is 13.5. The second-order valence-electron chi connectivity index (χ2n) is 6.60. The maximum atomic E-state index is 12.5. The average Bonchev–Trinajstić information content (AvgIpc) is 3.30. The monoisotopic (exact) mass is 460 g/mol. The van der Waals surface area contributed by atoms with Gasteiger partial charge in [0.15, 0.2) is 6.10 Å². The molecule has 168 valence electrons. The molecule has 1 aliphatic heterocycles. The van der Waals surface area contributed by atoms with E-state index in [0.29, 0.717) is 10.7 Å². The van der Waals surface area contributed by atoms with Crippen molar-refractivity contribution in [3.05, 3.63) is 34.8 Å². The number of carbonyl (C=O) groups is 5. The van der Waals surface area contributed by atoms with Crippen molar-refractivity contribution in [2.75, 3.05) is 23.4 Å². The molecule has 0 radical (unpaired) electrons. The van der Waals surface area contributed by atoms with E-state index in [1.165, 1.54) is 6.07 Å². The summed E-state index contributed by atoms with van der Waals surface area (Å²) >= 11 is 0.995. The molecule has 0 saturated carbocycles. The zero-order chi connectivity index (χ0) is 23.3. The minimum absolute atomic E-state index is 0.0718. The molecule has 0 saturated heterocycles. The molecule has 2 heterocycles. The zero-order valence-electron chi connectivity index (χ0n) is 17.3. The second-order valence-corrected chi connectivity index (χ2v) is 7.66. The van der Waals surface area contributed by atoms with Crippen LogP contribution >= 0.6 is 11.3 Å². The standard InChI is InChI=1S/C20H20N4O7S/c1-3-13(18(28)21-20-23-22-14(32-20)9-15(25)30-4-2)31-16(26)10-24-12-8-6-5-7-11(12)17(27)19(24)29/h5-8,13H,3-4,9-10H2,1-2H3,(H,21,23,28). The van der Waals surface area contributed by atoms with Crippen molar-refractivity contribution in [1.29, 1.82) is 0 Å². The lowest BCUT2D eigenvalue weighted by Gasteiger charge is -2.19. The Hall–Kier alpha value is -3.67. The molecular weight excluding hydrogens is 440 g/mol. The lowest BCUT2D eigenvalue weighted by Crippen LogP contribution is -2.39. The predicted molar refractivity (Wildman–Crippen MR) is 112 cm³/mol. The zero-order valence-corrected chi connectivity index (χ0v) is 18.1. The van der Waals surface area contributed by atoms with E-state index >= 15 is 0 Å². The Bertz CT molecular complexity index is 1070. The molecule has 1 aliphatic rings. The molecule has 2 aromatic rings. The summed E-state index contributed by atoms with van der Waals surface area (Å²) in [5.74, 6) is -3.47. The van der Waals surface area contributed by atoms with Crippen LogP contribution in [0.3, 0.4) is 0 Å². The van der Waals surface area contributed by atoms with Crippen LogP contribution < -0.4 is 10.2 Å². The lowest BCUT2D eigenvalue weighted by atomic mass is 10.1. The quantitative estimate of drug-likeness (QED) is 0.430. The van der Waals surface area contributed by atoms with Crippen LogP contribution in [0.5, 0.6) is 0 Å². The molecule has 0 spiro atoms. The largest absolute Gasteiger partial charge is 0.466 e. The van der Waals surface area contributed by atoms with Crippen molar-refractivity contribution in [2.24, 2.45) is 0 Å². The van der Waals surface area contributed by atoms with Crippen LogP contribution in [0.15, 0.2) is 24.3 Å². The first-order valence-corrected chi connectivity index (χ1v) is 10.6. The van der Waals surface area contributed by atoms with Gasteiger partial charge in [0.25, 0.3) is 17.6 Å². The number of para-hydroxylation sites is 1. The minimum Gasteiger partial charge on any atom is -0.466 e. The second kappa shape index (κ2) is 10.1. The van der Waals surface area contributed by atoms with Crippen LogP contribution in [-0.2, 0) is 35.1 Å². The van der Waals surface area contributed by atoms with E-state index < -0.39 is 42.2 Å². The van der Waals surface area contributed by atoms with Crippen molar-refractivity contribution in [1.82, 2.24) is 10.2 Å². The maximum Gasteiger partial charge on any atom is 0.326 e. The highest BCUT2D eigenvalue weighted by atomic mass is 32.1. The van der Waals surface area contributed by atoms with Gasteiger partial charge in [-0.15, -0.1) is 10.2 Å². The first kappa shape index (κ1) is 23.0. The summed E-state index contributed by atoms with van der Waals surface area (Å²) in [7, 11) is 0. The molecule has 1 N–H and O–H groups in total. The third-order valence-electron chi connectivity index (χ3n) is 4.40. The van der Waals surface area contributed by atoms with Gasteiger partial charge in [0.2, 0.25) is 5.13 Å². The first-order chi connectivity index (χ1) is 15.3. The maximum absolute atomic E-state index is 12.5. The summed E-state index contributed by atoms with van der Waals surface area (Å²) in [6.07, 6.45) is -1.06. The van der Waals surface area contributed by atoms with Gasteiger partial charge in [0.1, 0.15) is 11.6 Å². The van der Waals surface area contributed by atoms with Crippen LogP contribution in [0.25, 0.3) is 0 Å². The van der Waals surface area contributed by atoms with E-state index in [9.17, 15) is 24.0 Å². The molecule has 2 amide bonds. The number of ketones is 1. The van der Waals surface area contributed by atoms with Gasteiger partial charge in [-0.1, -0.05) is 30.4 Å². The Morgan fingerprint density at radius 2 is 1.88 bits per heavy atom. The van der Waals surface area contributed by atoms with Crippen LogP contribution in [-0.4, -0.2) is 59.0 Å². The molecular formula is C20H20N4O7S. The van der Waals surface area contributed by atoms with E-state index in [1.54, 1.807) is 32.0 Å². The Morgan fingerprint density at radius 3 is 2.59 bits per heavy atom. The number of ether oxygens (including phenoxy) is 2. The number of carbonyl (C=O) groups excluding carboxylic acids is 5. The summed E-state index contributed by atoms with van der Waals surface area (Å²) < 4.78 is 10.1. The minimum atomic E-state index is -1.15. The Labute approximate surface area is 186 Å². The van der Waals surface area contributed by atoms with Crippen molar-refractivity contribution in [3.63, 3.8) is 0 Å². The number of hydrogen-bond acceptors (Lipinski definition) is 10. The van der Waals surface area contributed by atoms with E-state index in [1.807, 2.05) is 0 Å². The predicted octanol–water partition coefficient (Wildman–Crippen LogP) is 1.13. The van der Waals surface area contributed by atoms with E-state index in [4.69, 9.17) is 9.47 Å². The average molecular weight is 460 g/mol. The fraction of sp³-hybridized carbons (Fsp3) is 0.350. The summed E-state index contributed by atoms with van der Waals surface area (Å²) in [4.78, 5) is 61.6. The van der Waals surface area contributed by atoms with Crippen LogP contribution in [0, 0.1) is 0 Å². The summed E-state index contributed by atoms with van der Waals surface area (Å²) in [6.45, 7) is 3.07. The number of esters is 2. The van der Waals surface area contributed by atoms with Gasteiger partial charge in [-0.2, -0.15) is 0 Å². The highest BCUT2D eigenvalue weighted by Gasteiger charge is 2.37. The third-order valence-corrected chi connectivity index (χ3v) is 5.24. The van der Waals surface area contributed by atoms with Gasteiger partial charge in [0, 0.05) is 0 Å². The molecule has 1 aromatic heterocycles. The Balaban J connectivity index is 1.58. The number of fused-ring (bicyclic) bond motifs is 1. The molecule has 1 atom stereocenters. The van der Waals surface area contributed by atoms with Crippen molar-refractivity contribution < 1.29 is 33.4 Å². The van der Waals surface area contributed by atoms with Crippen molar-refractivity contribution in [3.8, 4) is 0 Å². The smallest absolute Gasteiger partial charge is 0.326 e. The lowest BCUT2D eigenvalue weighted by molar-refractivity contribution is -0.153. The number of amides is 2. The number of nitrogens with one attached hydrogen (secondary N) is 1. The van der Waals surface area contributed by atoms with Crippen molar-refractivity contribution in [2.45, 2.75) is 32.8 Å². The molecule has 0 bridgehead atoms. The third kappa shape index (κ3) is 5.14. The van der Waals surface area contributed by atoms with Crippen LogP contribution in [0.4, 0.5) is 10.8 Å². The molecule has 3 rings (SSSR count). The molecule has 32 heavy (non-hydrogen) atoms. The summed E-state index contributed by atoms with van der Waals surface area (Å²) in [6, 6.07) is 6.32. The van der Waals surface area contributed by atoms with Gasteiger partial charge < -0.3 is 9.47 Å². The number of rotatable bonds is 9. The number of Topliss-reactive ketones (excluding diaryl/α,β-unsaturated/α-hetero) is 1. The number of hydrogen-bond donors (Lipinski definition) is 1. The molecule has 1 unspecified atom stereocenters. The number of nitrogens with zero attached hydrogens (tertiary/aromatic N) is 3. The number of benzene rings is 1. The molecule has 0 fully saturated rings. The molecule has 0 aliphatic carbocycles. The number of aromatic nitrogens is 2. The molecule has 1 aromatic carbocycles. The topological polar surface area (TPSA) is 145 Å². The van der Waals surface area contributed by atoms with Crippen LogP contribution in [0.1, 0.15) is 35.6 Å². The Kier molecular flexibility index (Phi) is 7.25. The highest BCUT2D eigenvalue weighted by molar-refractivity contribution is 7.15. The SMILES string of the molecule is CCOC(=O)Cc1nnc(NC(=O)C(CC)OC(=O)CN2C(=O)C(=O)c3ccccc32)s1. The van der Waals surface area contributed by atoms with Crippen molar-refractivity contribution >= 4 is 51.7 Å². The summed E-state index contributed by atoms with van der Waals surface area (Å²) in [5.41, 5.74) is 0.532. The van der Waals surface area contributed by atoms with E-state index in [-0.39, 0.29) is 30.1 Å². The molecule has 12 heteroatoms. The number of anilines is 2. The van der Waals surface area contributed by atoms with Gasteiger partial charge in [-0.05, 0) is 25.5 Å². The van der Waals surface area contributed by atoms with Gasteiger partial charge in [-0.25, -0.2) is 0 Å². The first-order valence-electron chi connectivity index (χ1n) is 9.77. The van der Waals surface area contributed by atoms with Crippen LogP contribution in [0.2, 0.25) is 0 Å². The highest BCUT2D eigenvalue weighted by Crippen LogP contribution is 2.28. The van der Waals surface area contributed by atoms with E-state index in [0.717, 1.165) is 16.2 Å². The van der Waals surface area contributed by atoms with Gasteiger partial charge in [0.05, 0.1) is 24.3 Å². The molecule has 11 nitrogen and oxygen atoms in total. The van der Waals surface area contributed by atoms with Gasteiger partial charge in [-0.3, -0.25) is 34.2 Å². The fourth-order valence-corrected chi connectivity index (χ4v) is 3.68. The van der Waals surface area contributed by atoms with E-state index in [2.05, 4.69) is 15.5 Å².